The molecule has 0 aliphatic heterocycles. The molecule has 64 valence electrons. The molecule has 0 aliphatic rings. The highest BCUT2D eigenvalue weighted by Gasteiger charge is 2.01. The predicted octanol–water partition coefficient (Wildman–Crippen LogP) is 3.30. The van der Waals surface area contributed by atoms with Gasteiger partial charge in [-0.2, -0.15) is 0 Å². The molecule has 0 heterocycles. The van der Waals surface area contributed by atoms with Gasteiger partial charge in [0.2, 0.25) is 0 Å². The number of rotatable bonds is 1. The van der Waals surface area contributed by atoms with Crippen LogP contribution in [0.1, 0.15) is 25.0 Å². The maximum Gasteiger partial charge on any atom is 0.0926 e. The van der Waals surface area contributed by atoms with Crippen molar-refractivity contribution in [1.29, 1.82) is 0 Å². The Bertz CT molecular complexity index is 307. The van der Waals surface area contributed by atoms with Crippen LogP contribution < -0.4 is 0 Å². The maximum atomic E-state index is 9.28. The third-order valence-corrected chi connectivity index (χ3v) is 2.09. The van der Waals surface area contributed by atoms with E-state index in [4.69, 9.17) is 0 Å². The minimum absolute atomic E-state index is 0.393. The second-order valence-electron chi connectivity index (χ2n) is 3.03. The zero-order valence-electron chi connectivity index (χ0n) is 7.76. The first kappa shape index (κ1) is 8.85. The summed E-state index contributed by atoms with van der Waals surface area (Å²) in [6.45, 7) is 5.68. The fraction of sp³-hybridized carbons (Fsp3) is 0.273. The summed E-state index contributed by atoms with van der Waals surface area (Å²) in [4.78, 5) is 0. The quantitative estimate of drug-likeness (QED) is 0.628. The molecule has 12 heavy (non-hydrogen) atoms. The van der Waals surface area contributed by atoms with Crippen LogP contribution in [-0.4, -0.2) is 5.11 Å². The van der Waals surface area contributed by atoms with Crippen LogP contribution in [0.15, 0.2) is 30.0 Å². The molecule has 1 rings (SSSR count). The van der Waals surface area contributed by atoms with Gasteiger partial charge in [0.05, 0.1) is 5.76 Å². The Morgan fingerprint density at radius 1 is 1.17 bits per heavy atom. The van der Waals surface area contributed by atoms with Crippen LogP contribution in [0.25, 0.3) is 5.57 Å². The van der Waals surface area contributed by atoms with E-state index in [2.05, 4.69) is 0 Å². The van der Waals surface area contributed by atoms with E-state index in [1.54, 1.807) is 6.92 Å². The van der Waals surface area contributed by atoms with Crippen molar-refractivity contribution in [2.24, 2.45) is 0 Å². The second kappa shape index (κ2) is 3.44. The highest BCUT2D eigenvalue weighted by molar-refractivity contribution is 5.67. The van der Waals surface area contributed by atoms with Crippen molar-refractivity contribution in [3.63, 3.8) is 0 Å². The minimum atomic E-state index is 0.393. The molecule has 1 N–H and O–H groups in total. The Balaban J connectivity index is 3.21. The zero-order chi connectivity index (χ0) is 9.14. The highest BCUT2D eigenvalue weighted by atomic mass is 16.3. The molecular weight excluding hydrogens is 148 g/mol. The Morgan fingerprint density at radius 2 is 1.75 bits per heavy atom. The fourth-order valence-corrected chi connectivity index (χ4v) is 1.19. The number of benzene rings is 1. The van der Waals surface area contributed by atoms with Gasteiger partial charge in [-0.25, -0.2) is 0 Å². The largest absolute Gasteiger partial charge is 0.512 e. The maximum absolute atomic E-state index is 9.28. The summed E-state index contributed by atoms with van der Waals surface area (Å²) in [5, 5.41) is 9.28. The summed E-state index contributed by atoms with van der Waals surface area (Å²) in [5.74, 6) is 0.393. The number of allylic oxidation sites excluding steroid dienone is 2. The van der Waals surface area contributed by atoms with Crippen molar-refractivity contribution in [2.45, 2.75) is 20.8 Å². The van der Waals surface area contributed by atoms with Crippen LogP contribution in [0.5, 0.6) is 0 Å². The van der Waals surface area contributed by atoms with Gasteiger partial charge in [-0.3, -0.25) is 0 Å². The first-order valence-corrected chi connectivity index (χ1v) is 4.05. The normalized spacial score (nSPS) is 12.6. The first-order valence-electron chi connectivity index (χ1n) is 4.05. The Kier molecular flexibility index (Phi) is 2.54. The molecule has 0 atom stereocenters. The summed E-state index contributed by atoms with van der Waals surface area (Å²) in [6, 6.07) is 8.04. The van der Waals surface area contributed by atoms with Crippen molar-refractivity contribution >= 4 is 5.57 Å². The fourth-order valence-electron chi connectivity index (χ4n) is 1.19. The minimum Gasteiger partial charge on any atom is -0.512 e. The van der Waals surface area contributed by atoms with Crippen molar-refractivity contribution < 1.29 is 5.11 Å². The molecule has 1 nitrogen and oxygen atoms in total. The lowest BCUT2D eigenvalue weighted by Crippen LogP contribution is -1.87. The van der Waals surface area contributed by atoms with Crippen LogP contribution >= 0.6 is 0 Å². The third-order valence-electron chi connectivity index (χ3n) is 2.09. The third kappa shape index (κ3) is 1.67. The number of aliphatic hydroxyl groups is 1. The van der Waals surface area contributed by atoms with Gasteiger partial charge in [0.15, 0.2) is 0 Å². The van der Waals surface area contributed by atoms with Crippen molar-refractivity contribution in [3.05, 3.63) is 41.2 Å². The Hall–Kier alpha value is -1.24. The number of aliphatic hydroxyl groups excluding tert-OH is 1. The molecule has 0 bridgehead atoms. The molecule has 0 saturated carbocycles. The van der Waals surface area contributed by atoms with E-state index in [9.17, 15) is 5.11 Å². The van der Waals surface area contributed by atoms with Gasteiger partial charge >= 0.3 is 0 Å². The average Bonchev–Trinajstić information content (AvgIpc) is 2.04. The Labute approximate surface area is 73.4 Å². The van der Waals surface area contributed by atoms with Crippen molar-refractivity contribution in [2.75, 3.05) is 0 Å². The molecule has 0 amide bonds. The van der Waals surface area contributed by atoms with E-state index in [0.29, 0.717) is 5.76 Å². The summed E-state index contributed by atoms with van der Waals surface area (Å²) in [5.41, 5.74) is 3.27. The molecular formula is C11H14O. The molecule has 0 aliphatic carbocycles. The van der Waals surface area contributed by atoms with Gasteiger partial charge in [-0.1, -0.05) is 24.3 Å². The number of hydrogen-bond acceptors (Lipinski definition) is 1. The number of hydrogen-bond donors (Lipinski definition) is 1. The SMILES string of the molecule is CC(O)=C(C)c1ccccc1C. The van der Waals surface area contributed by atoms with Crippen LogP contribution in [0.2, 0.25) is 0 Å². The van der Waals surface area contributed by atoms with E-state index in [1.165, 1.54) is 5.56 Å². The van der Waals surface area contributed by atoms with Crippen molar-refractivity contribution in [1.82, 2.24) is 0 Å². The average molecular weight is 162 g/mol. The first-order chi connectivity index (χ1) is 5.63. The highest BCUT2D eigenvalue weighted by Crippen LogP contribution is 2.19. The van der Waals surface area contributed by atoms with Crippen molar-refractivity contribution in [3.8, 4) is 0 Å². The summed E-state index contributed by atoms with van der Waals surface area (Å²) >= 11 is 0. The van der Waals surface area contributed by atoms with Gasteiger partial charge in [0.1, 0.15) is 0 Å². The summed E-state index contributed by atoms with van der Waals surface area (Å²) in [6.07, 6.45) is 0. The topological polar surface area (TPSA) is 20.2 Å². The van der Waals surface area contributed by atoms with Gasteiger partial charge < -0.3 is 5.11 Å². The monoisotopic (exact) mass is 162 g/mol. The van der Waals surface area contributed by atoms with E-state index >= 15 is 0 Å². The van der Waals surface area contributed by atoms with Gasteiger partial charge in [-0.05, 0) is 37.5 Å². The van der Waals surface area contributed by atoms with Crippen LogP contribution in [0, 0.1) is 6.92 Å². The van der Waals surface area contributed by atoms with Crippen LogP contribution in [0.3, 0.4) is 0 Å². The molecule has 1 aromatic rings. The lowest BCUT2D eigenvalue weighted by atomic mass is 10.0. The molecule has 0 aromatic heterocycles. The van der Waals surface area contributed by atoms with E-state index in [1.807, 2.05) is 38.1 Å². The molecule has 1 aromatic carbocycles. The molecule has 0 spiro atoms. The Morgan fingerprint density at radius 3 is 2.25 bits per heavy atom. The second-order valence-corrected chi connectivity index (χ2v) is 3.03. The molecule has 0 unspecified atom stereocenters. The molecule has 0 fully saturated rings. The summed E-state index contributed by atoms with van der Waals surface area (Å²) < 4.78 is 0. The van der Waals surface area contributed by atoms with Crippen LogP contribution in [0.4, 0.5) is 0 Å². The van der Waals surface area contributed by atoms with Gasteiger partial charge in [0.25, 0.3) is 0 Å². The van der Waals surface area contributed by atoms with E-state index in [-0.39, 0.29) is 0 Å². The molecule has 1 heteroatoms. The predicted molar refractivity (Wildman–Crippen MR) is 52.1 cm³/mol. The molecule has 0 saturated heterocycles. The zero-order valence-corrected chi connectivity index (χ0v) is 7.76. The molecule has 0 radical (unpaired) electrons. The summed E-state index contributed by atoms with van der Waals surface area (Å²) in [7, 11) is 0. The standard InChI is InChI=1S/C11H14O/c1-8-6-4-5-7-11(8)9(2)10(3)12/h4-7,12H,1-3H3. The number of aryl methyl sites for hydroxylation is 1. The van der Waals surface area contributed by atoms with Gasteiger partial charge in [-0.15, -0.1) is 0 Å². The smallest absolute Gasteiger partial charge is 0.0926 e. The lowest BCUT2D eigenvalue weighted by Gasteiger charge is -2.05. The van der Waals surface area contributed by atoms with Gasteiger partial charge in [0, 0.05) is 0 Å². The lowest BCUT2D eigenvalue weighted by molar-refractivity contribution is 0.416. The van der Waals surface area contributed by atoms with E-state index in [0.717, 1.165) is 11.1 Å². The van der Waals surface area contributed by atoms with Crippen LogP contribution in [-0.2, 0) is 0 Å². The van der Waals surface area contributed by atoms with E-state index < -0.39 is 0 Å².